The van der Waals surface area contributed by atoms with E-state index in [1.807, 2.05) is 0 Å². The van der Waals surface area contributed by atoms with Gasteiger partial charge in [-0.3, -0.25) is 0 Å². The molecule has 0 N–H and O–H groups in total. The van der Waals surface area contributed by atoms with E-state index in [0.717, 1.165) is 0 Å². The highest BCUT2D eigenvalue weighted by atomic mass is 32.2. The lowest BCUT2D eigenvalue weighted by Gasteiger charge is -2.01. The summed E-state index contributed by atoms with van der Waals surface area (Å²) in [7, 11) is -3.37. The molecule has 0 aliphatic heterocycles. The number of unbranched alkanes of at least 4 members (excludes halogenated alkanes) is 9. The zero-order valence-corrected chi connectivity index (χ0v) is 14.7. The number of pyridine rings is 1. The maximum atomic E-state index is 8.48. The summed E-state index contributed by atoms with van der Waals surface area (Å²) in [6.07, 6.45) is 18.5. The molecule has 1 aromatic heterocycles. The Morgan fingerprint density at radius 3 is 1.64 bits per heavy atom. The lowest BCUT2D eigenvalue weighted by atomic mass is 10.1. The molecule has 0 radical (unpaired) electrons. The third-order valence-corrected chi connectivity index (χ3v) is 3.55. The highest BCUT2D eigenvalue weighted by molar-refractivity contribution is 7.66. The molecule has 1 rings (SSSR count). The van der Waals surface area contributed by atoms with Gasteiger partial charge < -0.3 is 4.55 Å². The van der Waals surface area contributed by atoms with E-state index < -0.39 is 11.0 Å². The van der Waals surface area contributed by atoms with E-state index in [1.54, 1.807) is 0 Å². The summed E-state index contributed by atoms with van der Waals surface area (Å²) in [4.78, 5) is 0. The van der Waals surface area contributed by atoms with Crippen LogP contribution >= 0.6 is 0 Å². The van der Waals surface area contributed by atoms with Gasteiger partial charge in [-0.2, -0.15) is 0 Å². The molecule has 0 amide bonds. The molecule has 0 aliphatic rings. The minimum absolute atomic E-state index is 1.18. The van der Waals surface area contributed by atoms with Crippen molar-refractivity contribution < 1.29 is 17.5 Å². The second-order valence-corrected chi connectivity index (χ2v) is 5.97. The van der Waals surface area contributed by atoms with Gasteiger partial charge in [-0.1, -0.05) is 64.4 Å². The first-order valence-electron chi connectivity index (χ1n) is 8.42. The van der Waals surface area contributed by atoms with Crippen molar-refractivity contribution in [3.8, 4) is 0 Å². The molecule has 22 heavy (non-hydrogen) atoms. The summed E-state index contributed by atoms with van der Waals surface area (Å²) < 4.78 is 27.7. The van der Waals surface area contributed by atoms with Crippen LogP contribution in [-0.4, -0.2) is 13.0 Å². The van der Waals surface area contributed by atoms with Crippen LogP contribution in [0.4, 0.5) is 0 Å². The van der Waals surface area contributed by atoms with Gasteiger partial charge in [0.2, 0.25) is 0 Å². The molecule has 5 heteroatoms. The Morgan fingerprint density at radius 1 is 0.773 bits per heavy atom. The fourth-order valence-electron chi connectivity index (χ4n) is 2.37. The van der Waals surface area contributed by atoms with Crippen molar-refractivity contribution in [2.24, 2.45) is 0 Å². The van der Waals surface area contributed by atoms with Gasteiger partial charge >= 0.3 is 0 Å². The first kappa shape index (κ1) is 21.1. The Labute approximate surface area is 137 Å². The van der Waals surface area contributed by atoms with Gasteiger partial charge in [0.05, 0.1) is 11.0 Å². The number of nitrogens with zero attached hydrogens (tertiary/aromatic N) is 1. The number of aromatic nitrogens is 1. The zero-order chi connectivity index (χ0) is 16.5. The van der Waals surface area contributed by atoms with Crippen LogP contribution in [0.3, 0.4) is 0 Å². The molecule has 0 saturated carbocycles. The van der Waals surface area contributed by atoms with Crippen molar-refractivity contribution >= 4 is 11.0 Å². The summed E-state index contributed by atoms with van der Waals surface area (Å²) in [5.74, 6) is 0. The predicted octanol–water partition coefficient (Wildman–Crippen LogP) is 3.62. The summed E-state index contributed by atoms with van der Waals surface area (Å²) in [6, 6.07) is 6.29. The van der Waals surface area contributed by atoms with Crippen molar-refractivity contribution in [2.75, 3.05) is 0 Å². The number of thiol groups is 1. The van der Waals surface area contributed by atoms with Crippen LogP contribution in [-0.2, 0) is 17.5 Å². The van der Waals surface area contributed by atoms with Crippen molar-refractivity contribution in [2.45, 2.75) is 77.7 Å². The first-order chi connectivity index (χ1) is 10.7. The number of rotatable bonds is 11. The van der Waals surface area contributed by atoms with Crippen LogP contribution in [0, 0.1) is 0 Å². The van der Waals surface area contributed by atoms with Crippen molar-refractivity contribution in [1.29, 1.82) is 0 Å². The molecule has 0 aromatic carbocycles. The van der Waals surface area contributed by atoms with Gasteiger partial charge in [0.25, 0.3) is 0 Å². The largest absolute Gasteiger partial charge is 0.750 e. The van der Waals surface area contributed by atoms with Crippen molar-refractivity contribution in [3.05, 3.63) is 30.6 Å². The molecule has 4 nitrogen and oxygen atoms in total. The third kappa shape index (κ3) is 17.1. The minimum atomic E-state index is -3.37. The lowest BCUT2D eigenvalue weighted by Crippen LogP contribution is -2.32. The van der Waals surface area contributed by atoms with Gasteiger partial charge in [-0.05, 0) is 6.42 Å². The van der Waals surface area contributed by atoms with E-state index in [0.29, 0.717) is 0 Å². The standard InChI is InChI=1S/C17H30N.H2O3S/c1-2-3-4-5-6-7-8-9-10-12-15-18-16-13-11-14-17-18;1-4(2)3/h11,13-14,16-17H,2-10,12,15H2,1H3;4H,(H,1,2,3)/q+1;/p-1. The molecule has 0 spiro atoms. The minimum Gasteiger partial charge on any atom is -0.750 e. The Morgan fingerprint density at radius 2 is 1.18 bits per heavy atom. The highest BCUT2D eigenvalue weighted by Crippen LogP contribution is 2.10. The van der Waals surface area contributed by atoms with E-state index in [4.69, 9.17) is 13.0 Å². The number of aryl methyl sites for hydroxylation is 1. The molecule has 0 fully saturated rings. The number of hydrogen-bond donors (Lipinski definition) is 1. The van der Waals surface area contributed by atoms with Crippen LogP contribution in [0.25, 0.3) is 0 Å². The molecule has 0 atom stereocenters. The van der Waals surface area contributed by atoms with Crippen molar-refractivity contribution in [1.82, 2.24) is 0 Å². The van der Waals surface area contributed by atoms with Crippen LogP contribution < -0.4 is 4.57 Å². The highest BCUT2D eigenvalue weighted by Gasteiger charge is 1.97. The number of hydrogen-bond acceptors (Lipinski definition) is 3. The molecule has 0 saturated heterocycles. The normalized spacial score (nSPS) is 10.3. The smallest absolute Gasteiger partial charge is 0.168 e. The average Bonchev–Trinajstić information content (AvgIpc) is 2.50. The molecule has 0 unspecified atom stereocenters. The Bertz CT molecular complexity index is 400. The summed E-state index contributed by atoms with van der Waals surface area (Å²) >= 11 is 0. The molecule has 1 heterocycles. The zero-order valence-electron chi connectivity index (χ0n) is 13.8. The fourth-order valence-corrected chi connectivity index (χ4v) is 2.37. The Kier molecular flexibility index (Phi) is 15.7. The Balaban J connectivity index is 0.000000980. The molecular weight excluding hydrogens is 298 g/mol. The summed E-state index contributed by atoms with van der Waals surface area (Å²) in [5, 5.41) is 0. The third-order valence-electron chi connectivity index (χ3n) is 3.55. The van der Waals surface area contributed by atoms with Crippen LogP contribution in [0.5, 0.6) is 0 Å². The summed E-state index contributed by atoms with van der Waals surface area (Å²) in [5.41, 5.74) is 0. The van der Waals surface area contributed by atoms with Crippen molar-refractivity contribution in [3.63, 3.8) is 0 Å². The monoisotopic (exact) mass is 329 g/mol. The second kappa shape index (κ2) is 16.4. The molecule has 0 bridgehead atoms. The fraction of sp³-hybridized carbons (Fsp3) is 0.706. The summed E-state index contributed by atoms with van der Waals surface area (Å²) in [6.45, 7) is 3.46. The predicted molar refractivity (Wildman–Crippen MR) is 89.6 cm³/mol. The average molecular weight is 330 g/mol. The van der Waals surface area contributed by atoms with Crippen LogP contribution in [0.2, 0.25) is 0 Å². The van der Waals surface area contributed by atoms with Gasteiger partial charge in [0.15, 0.2) is 12.4 Å². The van der Waals surface area contributed by atoms with Crippen LogP contribution in [0.15, 0.2) is 30.6 Å². The van der Waals surface area contributed by atoms with Crippen LogP contribution in [0.1, 0.15) is 71.1 Å². The van der Waals surface area contributed by atoms with Gasteiger partial charge in [-0.15, -0.1) is 0 Å². The molecule has 128 valence electrons. The quantitative estimate of drug-likeness (QED) is 0.292. The topological polar surface area (TPSA) is 61.1 Å². The van der Waals surface area contributed by atoms with E-state index in [-0.39, 0.29) is 0 Å². The molecule has 1 aromatic rings. The second-order valence-electron chi connectivity index (χ2n) is 5.52. The van der Waals surface area contributed by atoms with Gasteiger partial charge in [0, 0.05) is 18.6 Å². The molecular formula is C17H31NO3S. The van der Waals surface area contributed by atoms with E-state index in [1.165, 1.54) is 70.8 Å². The van der Waals surface area contributed by atoms with Gasteiger partial charge in [-0.25, -0.2) is 13.0 Å². The maximum Gasteiger partial charge on any atom is 0.168 e. The SMILES string of the molecule is CCCCCCCCCCCC[n+]1ccccc1.O=[SH](=O)[O-]. The first-order valence-corrected chi connectivity index (χ1v) is 9.52. The maximum absolute atomic E-state index is 8.48. The van der Waals surface area contributed by atoms with E-state index in [2.05, 4.69) is 42.1 Å². The lowest BCUT2D eigenvalue weighted by molar-refractivity contribution is -0.697. The molecule has 0 aliphatic carbocycles. The van der Waals surface area contributed by atoms with Gasteiger partial charge in [0.1, 0.15) is 6.54 Å². The van der Waals surface area contributed by atoms with E-state index in [9.17, 15) is 0 Å². The Hall–Kier alpha value is -0.940. The van der Waals surface area contributed by atoms with E-state index >= 15 is 0 Å².